The first kappa shape index (κ1) is 17.0. The molecule has 4 heteroatoms. The summed E-state index contributed by atoms with van der Waals surface area (Å²) in [5, 5.41) is 5.99. The Labute approximate surface area is 153 Å². The molecule has 4 nitrogen and oxygen atoms in total. The summed E-state index contributed by atoms with van der Waals surface area (Å²) in [6.45, 7) is 2.88. The van der Waals surface area contributed by atoms with Gasteiger partial charge >= 0.3 is 0 Å². The number of nitrogens with one attached hydrogen (secondary N) is 1. The van der Waals surface area contributed by atoms with Gasteiger partial charge in [0.15, 0.2) is 6.29 Å². The third-order valence-corrected chi connectivity index (χ3v) is 4.72. The maximum Gasteiger partial charge on any atom is 0.184 e. The molecule has 0 aliphatic carbocycles. The fourth-order valence-electron chi connectivity index (χ4n) is 3.36. The van der Waals surface area contributed by atoms with E-state index in [1.165, 1.54) is 21.9 Å². The molecule has 0 atom stereocenters. The van der Waals surface area contributed by atoms with Crippen molar-refractivity contribution in [3.63, 3.8) is 0 Å². The molecule has 0 aromatic heterocycles. The number of ether oxygens (including phenoxy) is 3. The van der Waals surface area contributed by atoms with Gasteiger partial charge in [0.05, 0.1) is 20.3 Å². The van der Waals surface area contributed by atoms with Crippen LogP contribution in [-0.2, 0) is 22.6 Å². The van der Waals surface area contributed by atoms with Gasteiger partial charge in [-0.2, -0.15) is 0 Å². The Morgan fingerprint density at radius 3 is 2.46 bits per heavy atom. The van der Waals surface area contributed by atoms with Gasteiger partial charge in [0.2, 0.25) is 0 Å². The van der Waals surface area contributed by atoms with Crippen molar-refractivity contribution >= 4 is 10.8 Å². The minimum Gasteiger partial charge on any atom is -0.496 e. The third-order valence-electron chi connectivity index (χ3n) is 4.72. The summed E-state index contributed by atoms with van der Waals surface area (Å²) < 4.78 is 16.6. The maximum absolute atomic E-state index is 5.56. The van der Waals surface area contributed by atoms with Crippen LogP contribution in [0.15, 0.2) is 60.7 Å². The number of fused-ring (bicyclic) bond motifs is 1. The molecule has 3 aromatic carbocycles. The molecule has 1 aliphatic heterocycles. The van der Waals surface area contributed by atoms with Crippen LogP contribution < -0.4 is 10.1 Å². The van der Waals surface area contributed by atoms with Gasteiger partial charge in [0, 0.05) is 24.2 Å². The Hall–Kier alpha value is -2.40. The lowest BCUT2D eigenvalue weighted by atomic mass is 10.0. The van der Waals surface area contributed by atoms with Crippen molar-refractivity contribution in [1.82, 2.24) is 5.32 Å². The molecule has 1 fully saturated rings. The predicted molar refractivity (Wildman–Crippen MR) is 102 cm³/mol. The summed E-state index contributed by atoms with van der Waals surface area (Å²) in [6.07, 6.45) is -0.211. The zero-order valence-corrected chi connectivity index (χ0v) is 14.9. The molecule has 1 N–H and O–H groups in total. The van der Waals surface area contributed by atoms with Gasteiger partial charge in [-0.05, 0) is 22.4 Å². The SMILES string of the molecule is COc1ccc2ccccc2c1CNCc1ccc(C2OCCO2)cc1. The topological polar surface area (TPSA) is 39.7 Å². The second kappa shape index (κ2) is 7.87. The van der Waals surface area contributed by atoms with Crippen LogP contribution in [-0.4, -0.2) is 20.3 Å². The first-order valence-corrected chi connectivity index (χ1v) is 8.92. The molecular formula is C22H23NO3. The largest absolute Gasteiger partial charge is 0.496 e. The first-order chi connectivity index (χ1) is 12.8. The summed E-state index contributed by atoms with van der Waals surface area (Å²) in [5.74, 6) is 0.919. The number of hydrogen-bond donors (Lipinski definition) is 1. The van der Waals surface area contributed by atoms with E-state index in [1.807, 2.05) is 6.07 Å². The van der Waals surface area contributed by atoms with Crippen molar-refractivity contribution in [3.05, 3.63) is 77.4 Å². The van der Waals surface area contributed by atoms with Crippen molar-refractivity contribution in [2.75, 3.05) is 20.3 Å². The van der Waals surface area contributed by atoms with Gasteiger partial charge in [0.1, 0.15) is 5.75 Å². The summed E-state index contributed by atoms with van der Waals surface area (Å²) in [4.78, 5) is 0. The van der Waals surface area contributed by atoms with E-state index in [1.54, 1.807) is 7.11 Å². The van der Waals surface area contributed by atoms with Crippen LogP contribution in [0, 0.1) is 0 Å². The number of methoxy groups -OCH3 is 1. The van der Waals surface area contributed by atoms with Gasteiger partial charge in [-0.15, -0.1) is 0 Å². The standard InChI is InChI=1S/C22H23NO3/c1-24-21-11-10-17-4-2-3-5-19(17)20(21)15-23-14-16-6-8-18(9-7-16)22-25-12-13-26-22/h2-11,22-23H,12-15H2,1H3. The van der Waals surface area contributed by atoms with E-state index in [4.69, 9.17) is 14.2 Å². The average molecular weight is 349 g/mol. The Kier molecular flexibility index (Phi) is 5.16. The van der Waals surface area contributed by atoms with E-state index in [0.29, 0.717) is 13.2 Å². The number of hydrogen-bond acceptors (Lipinski definition) is 4. The fourth-order valence-corrected chi connectivity index (χ4v) is 3.36. The van der Waals surface area contributed by atoms with Gasteiger partial charge in [-0.1, -0.05) is 54.6 Å². The quantitative estimate of drug-likeness (QED) is 0.725. The van der Waals surface area contributed by atoms with E-state index in [9.17, 15) is 0 Å². The van der Waals surface area contributed by atoms with Gasteiger partial charge < -0.3 is 19.5 Å². The highest BCUT2D eigenvalue weighted by atomic mass is 16.7. The van der Waals surface area contributed by atoms with Crippen LogP contribution in [0.2, 0.25) is 0 Å². The van der Waals surface area contributed by atoms with Crippen LogP contribution >= 0.6 is 0 Å². The van der Waals surface area contributed by atoms with Crippen molar-refractivity contribution < 1.29 is 14.2 Å². The van der Waals surface area contributed by atoms with Crippen LogP contribution in [0.25, 0.3) is 10.8 Å². The zero-order chi connectivity index (χ0) is 17.8. The van der Waals surface area contributed by atoms with Gasteiger partial charge in [-0.3, -0.25) is 0 Å². The fraction of sp³-hybridized carbons (Fsp3) is 0.273. The Balaban J connectivity index is 1.44. The molecular weight excluding hydrogens is 326 g/mol. The molecule has 0 amide bonds. The molecule has 4 rings (SSSR count). The molecule has 26 heavy (non-hydrogen) atoms. The molecule has 0 unspecified atom stereocenters. The molecule has 134 valence electrons. The van der Waals surface area contributed by atoms with Crippen molar-refractivity contribution in [1.29, 1.82) is 0 Å². The molecule has 1 saturated heterocycles. The molecule has 1 aliphatic rings. The predicted octanol–water partition coefficient (Wildman–Crippen LogP) is 4.18. The summed E-state index contributed by atoms with van der Waals surface area (Å²) in [7, 11) is 1.72. The maximum atomic E-state index is 5.56. The minimum absolute atomic E-state index is 0.211. The second-order valence-electron chi connectivity index (χ2n) is 6.39. The normalized spacial score (nSPS) is 14.8. The van der Waals surface area contributed by atoms with Gasteiger partial charge in [0.25, 0.3) is 0 Å². The Morgan fingerprint density at radius 2 is 1.69 bits per heavy atom. The highest BCUT2D eigenvalue weighted by molar-refractivity contribution is 5.87. The first-order valence-electron chi connectivity index (χ1n) is 8.92. The van der Waals surface area contributed by atoms with Crippen LogP contribution in [0.1, 0.15) is 23.0 Å². The third kappa shape index (κ3) is 3.58. The van der Waals surface area contributed by atoms with Crippen LogP contribution in [0.5, 0.6) is 5.75 Å². The summed E-state index contributed by atoms with van der Waals surface area (Å²) >= 11 is 0. The minimum atomic E-state index is -0.211. The lowest BCUT2D eigenvalue weighted by Gasteiger charge is -2.14. The lowest BCUT2D eigenvalue weighted by Crippen LogP contribution is -2.14. The molecule has 0 bridgehead atoms. The smallest absolute Gasteiger partial charge is 0.184 e. The van der Waals surface area contributed by atoms with E-state index < -0.39 is 0 Å². The lowest BCUT2D eigenvalue weighted by molar-refractivity contribution is -0.0441. The molecule has 3 aromatic rings. The van der Waals surface area contributed by atoms with E-state index in [-0.39, 0.29) is 6.29 Å². The highest BCUT2D eigenvalue weighted by Gasteiger charge is 2.17. The van der Waals surface area contributed by atoms with E-state index in [0.717, 1.165) is 24.4 Å². The van der Waals surface area contributed by atoms with Crippen molar-refractivity contribution in [2.45, 2.75) is 19.4 Å². The number of rotatable bonds is 6. The molecule has 0 saturated carbocycles. The van der Waals surface area contributed by atoms with E-state index in [2.05, 4.69) is 59.9 Å². The van der Waals surface area contributed by atoms with Crippen LogP contribution in [0.4, 0.5) is 0 Å². The summed E-state index contributed by atoms with van der Waals surface area (Å²) in [6, 6.07) is 20.9. The Bertz CT molecular complexity index is 870. The monoisotopic (exact) mass is 349 g/mol. The van der Waals surface area contributed by atoms with Gasteiger partial charge in [-0.25, -0.2) is 0 Å². The molecule has 0 spiro atoms. The highest BCUT2D eigenvalue weighted by Crippen LogP contribution is 2.28. The van der Waals surface area contributed by atoms with Crippen molar-refractivity contribution in [3.8, 4) is 5.75 Å². The Morgan fingerprint density at radius 1 is 0.923 bits per heavy atom. The second-order valence-corrected chi connectivity index (χ2v) is 6.39. The zero-order valence-electron chi connectivity index (χ0n) is 14.9. The summed E-state index contributed by atoms with van der Waals surface area (Å²) in [5.41, 5.74) is 3.49. The van der Waals surface area contributed by atoms with Crippen molar-refractivity contribution in [2.24, 2.45) is 0 Å². The van der Waals surface area contributed by atoms with E-state index >= 15 is 0 Å². The number of benzene rings is 3. The average Bonchev–Trinajstić information content (AvgIpc) is 3.23. The molecule has 0 radical (unpaired) electrons. The molecule has 1 heterocycles. The van der Waals surface area contributed by atoms with Crippen LogP contribution in [0.3, 0.4) is 0 Å².